The van der Waals surface area contributed by atoms with Gasteiger partial charge in [-0.15, -0.1) is 0 Å². The summed E-state index contributed by atoms with van der Waals surface area (Å²) in [6.45, 7) is 6.74. The first-order valence-corrected chi connectivity index (χ1v) is 3.18. The smallest absolute Gasteiger partial charge is 0.107 e. The summed E-state index contributed by atoms with van der Waals surface area (Å²) in [7, 11) is 0. The normalized spacial score (nSPS) is 14.0. The highest BCUT2D eigenvalue weighted by molar-refractivity contribution is 4.81. The lowest BCUT2D eigenvalue weighted by atomic mass is 9.92. The van der Waals surface area contributed by atoms with Crippen LogP contribution in [0.15, 0.2) is 0 Å². The molecule has 0 heterocycles. The lowest BCUT2D eigenvalue weighted by molar-refractivity contribution is 0.165. The third-order valence-corrected chi connectivity index (χ3v) is 0.876. The zero-order valence-corrected chi connectivity index (χ0v) is 6.66. The molecule has 0 fully saturated rings. The molecule has 0 aromatic rings. The van der Waals surface area contributed by atoms with Gasteiger partial charge in [0.15, 0.2) is 0 Å². The van der Waals surface area contributed by atoms with Gasteiger partial charge in [0.05, 0.1) is 0 Å². The summed E-state index contributed by atoms with van der Waals surface area (Å²) in [6.07, 6.45) is 0.403. The molecule has 0 aromatic heterocycles. The molecule has 2 N–H and O–H groups in total. The van der Waals surface area contributed by atoms with Gasteiger partial charge < -0.3 is 5.73 Å². The first kappa shape index (κ1) is 8.89. The topological polar surface area (TPSA) is 26.0 Å². The summed E-state index contributed by atoms with van der Waals surface area (Å²) in [5.41, 5.74) is 4.05. The summed E-state index contributed by atoms with van der Waals surface area (Å²) in [4.78, 5) is 0. The van der Waals surface area contributed by atoms with Crippen LogP contribution in [-0.4, -0.2) is 11.2 Å². The number of alkyl halides is 1. The van der Waals surface area contributed by atoms with Gasteiger partial charge in [-0.25, -0.2) is 4.39 Å². The molecule has 9 heavy (non-hydrogen) atoms. The number of nitrogens with two attached hydrogens (primary N) is 1. The van der Waals surface area contributed by atoms with E-state index >= 15 is 0 Å². The highest BCUT2D eigenvalue weighted by Crippen LogP contribution is 2.20. The van der Waals surface area contributed by atoms with E-state index in [1.165, 1.54) is 0 Å². The third-order valence-electron chi connectivity index (χ3n) is 0.876. The van der Waals surface area contributed by atoms with Crippen LogP contribution in [0.2, 0.25) is 0 Å². The van der Waals surface area contributed by atoms with Crippen LogP contribution in [0.4, 0.5) is 4.39 Å². The van der Waals surface area contributed by atoms with Crippen molar-refractivity contribution < 1.29 is 4.39 Å². The molecule has 0 bridgehead atoms. The van der Waals surface area contributed by atoms with Crippen LogP contribution >= 0.6 is 0 Å². The van der Waals surface area contributed by atoms with Crippen LogP contribution in [0.25, 0.3) is 0 Å². The second-order valence-corrected chi connectivity index (χ2v) is 3.88. The highest BCUT2D eigenvalue weighted by atomic mass is 19.1. The van der Waals surface area contributed by atoms with Crippen LogP contribution < -0.4 is 5.73 Å². The van der Waals surface area contributed by atoms with Gasteiger partial charge >= 0.3 is 0 Å². The van der Waals surface area contributed by atoms with E-state index in [0.717, 1.165) is 0 Å². The fourth-order valence-electron chi connectivity index (χ4n) is 1.08. The van der Waals surface area contributed by atoms with Crippen molar-refractivity contribution in [3.63, 3.8) is 0 Å². The average molecular weight is 133 g/mol. The Kier molecular flexibility index (Phi) is 2.23. The summed E-state index contributed by atoms with van der Waals surface area (Å²) < 4.78 is 12.8. The molecule has 0 aromatic carbocycles. The van der Waals surface area contributed by atoms with Gasteiger partial charge in [0.1, 0.15) is 5.67 Å². The second-order valence-electron chi connectivity index (χ2n) is 3.88. The molecular formula is C7H16FN. The van der Waals surface area contributed by atoms with Crippen LogP contribution in [0.5, 0.6) is 0 Å². The molecule has 0 unspecified atom stereocenters. The zero-order valence-electron chi connectivity index (χ0n) is 6.66. The average Bonchev–Trinajstić information content (AvgIpc) is 1.14. The first-order chi connectivity index (χ1) is 3.71. The Morgan fingerprint density at radius 2 is 1.56 bits per heavy atom. The standard InChI is InChI=1S/C7H16FN/c1-6(2,8)5-7(3,4)9/h5,9H2,1-4H3. The molecule has 0 amide bonds. The van der Waals surface area contributed by atoms with Gasteiger partial charge in [0.25, 0.3) is 0 Å². The van der Waals surface area contributed by atoms with Gasteiger partial charge in [-0.2, -0.15) is 0 Å². The van der Waals surface area contributed by atoms with Crippen molar-refractivity contribution in [1.82, 2.24) is 0 Å². The van der Waals surface area contributed by atoms with Crippen molar-refractivity contribution in [2.24, 2.45) is 5.73 Å². The molecule has 0 saturated carbocycles. The van der Waals surface area contributed by atoms with Crippen molar-refractivity contribution in [2.45, 2.75) is 45.3 Å². The molecule has 0 rings (SSSR count). The Morgan fingerprint density at radius 1 is 1.22 bits per heavy atom. The van der Waals surface area contributed by atoms with Gasteiger partial charge in [-0.3, -0.25) is 0 Å². The van der Waals surface area contributed by atoms with E-state index in [9.17, 15) is 4.39 Å². The number of hydrogen-bond acceptors (Lipinski definition) is 1. The Morgan fingerprint density at radius 3 is 1.56 bits per heavy atom. The van der Waals surface area contributed by atoms with Crippen molar-refractivity contribution in [1.29, 1.82) is 0 Å². The minimum atomic E-state index is -1.14. The van der Waals surface area contributed by atoms with E-state index < -0.39 is 11.2 Å². The molecule has 0 atom stereocenters. The molecule has 0 saturated heterocycles. The molecule has 0 aliphatic heterocycles. The van der Waals surface area contributed by atoms with Crippen LogP contribution in [-0.2, 0) is 0 Å². The molecule has 2 heteroatoms. The third kappa shape index (κ3) is 7.89. The van der Waals surface area contributed by atoms with Crippen molar-refractivity contribution in [2.75, 3.05) is 0 Å². The molecule has 0 aliphatic rings. The molecule has 56 valence electrons. The quantitative estimate of drug-likeness (QED) is 0.611. The van der Waals surface area contributed by atoms with E-state index in [0.29, 0.717) is 6.42 Å². The lowest BCUT2D eigenvalue weighted by Crippen LogP contribution is -2.38. The molecule has 0 spiro atoms. The van der Waals surface area contributed by atoms with E-state index in [1.54, 1.807) is 13.8 Å². The fourth-order valence-corrected chi connectivity index (χ4v) is 1.08. The zero-order chi connectivity index (χ0) is 7.71. The molecule has 0 aliphatic carbocycles. The van der Waals surface area contributed by atoms with Crippen molar-refractivity contribution >= 4 is 0 Å². The Labute approximate surface area is 56.4 Å². The summed E-state index contributed by atoms with van der Waals surface area (Å²) in [6, 6.07) is 0. The maximum Gasteiger partial charge on any atom is 0.107 e. The van der Waals surface area contributed by atoms with Crippen molar-refractivity contribution in [3.05, 3.63) is 0 Å². The predicted octanol–water partition coefficient (Wildman–Crippen LogP) is 1.86. The lowest BCUT2D eigenvalue weighted by Gasteiger charge is -2.25. The molecule has 1 nitrogen and oxygen atoms in total. The van der Waals surface area contributed by atoms with Crippen LogP contribution in [0, 0.1) is 0 Å². The Hall–Kier alpha value is -0.110. The predicted molar refractivity (Wildman–Crippen MR) is 38.1 cm³/mol. The van der Waals surface area contributed by atoms with E-state index in [-0.39, 0.29) is 0 Å². The largest absolute Gasteiger partial charge is 0.325 e. The minimum Gasteiger partial charge on any atom is -0.325 e. The Bertz CT molecular complexity index is 74.1. The summed E-state index contributed by atoms with van der Waals surface area (Å²) in [5, 5.41) is 0. The van der Waals surface area contributed by atoms with Crippen LogP contribution in [0.3, 0.4) is 0 Å². The molecular weight excluding hydrogens is 117 g/mol. The fraction of sp³-hybridized carbons (Fsp3) is 1.00. The molecule has 0 radical (unpaired) electrons. The van der Waals surface area contributed by atoms with Gasteiger partial charge in [0, 0.05) is 5.54 Å². The summed E-state index contributed by atoms with van der Waals surface area (Å²) >= 11 is 0. The van der Waals surface area contributed by atoms with Gasteiger partial charge in [-0.1, -0.05) is 0 Å². The number of hydrogen-bond donors (Lipinski definition) is 1. The van der Waals surface area contributed by atoms with Crippen LogP contribution in [0.1, 0.15) is 34.1 Å². The van der Waals surface area contributed by atoms with Gasteiger partial charge in [0.2, 0.25) is 0 Å². The minimum absolute atomic E-state index is 0.391. The van der Waals surface area contributed by atoms with E-state index in [2.05, 4.69) is 0 Å². The highest BCUT2D eigenvalue weighted by Gasteiger charge is 2.24. The Balaban J connectivity index is 3.75. The van der Waals surface area contributed by atoms with E-state index in [4.69, 9.17) is 5.73 Å². The monoisotopic (exact) mass is 133 g/mol. The number of halogens is 1. The maximum absolute atomic E-state index is 12.8. The SMILES string of the molecule is CC(C)(N)CC(C)(C)F. The summed E-state index contributed by atoms with van der Waals surface area (Å²) in [5.74, 6) is 0. The van der Waals surface area contributed by atoms with Gasteiger partial charge in [-0.05, 0) is 34.1 Å². The maximum atomic E-state index is 12.8. The number of rotatable bonds is 2. The van der Waals surface area contributed by atoms with Crippen molar-refractivity contribution in [3.8, 4) is 0 Å². The first-order valence-electron chi connectivity index (χ1n) is 3.18. The second kappa shape index (κ2) is 2.25. The van der Waals surface area contributed by atoms with E-state index in [1.807, 2.05) is 13.8 Å².